The molecular formula is C20H39N4O4+. The molecule has 2 atom stereocenters. The van der Waals surface area contributed by atoms with Gasteiger partial charge in [-0.15, -0.1) is 0 Å². The van der Waals surface area contributed by atoms with Crippen LogP contribution in [0.25, 0.3) is 0 Å². The van der Waals surface area contributed by atoms with Crippen molar-refractivity contribution in [2.75, 3.05) is 47.5 Å². The van der Waals surface area contributed by atoms with Crippen LogP contribution in [0.15, 0.2) is 12.8 Å². The number of nitrogens with zero attached hydrogens (tertiary/aromatic N) is 1. The van der Waals surface area contributed by atoms with Crippen molar-refractivity contribution >= 4 is 17.7 Å². The average Bonchev–Trinajstić information content (AvgIpc) is 2.62. The van der Waals surface area contributed by atoms with Gasteiger partial charge in [-0.25, -0.2) is 0 Å². The Morgan fingerprint density at radius 2 is 1.79 bits per heavy atom. The Morgan fingerprint density at radius 1 is 1.11 bits per heavy atom. The van der Waals surface area contributed by atoms with Crippen molar-refractivity contribution in [3.05, 3.63) is 12.8 Å². The van der Waals surface area contributed by atoms with Crippen molar-refractivity contribution in [3.8, 4) is 0 Å². The molecule has 0 saturated heterocycles. The molecule has 162 valence electrons. The second kappa shape index (κ2) is 14.0. The van der Waals surface area contributed by atoms with E-state index in [-0.39, 0.29) is 49.3 Å². The summed E-state index contributed by atoms with van der Waals surface area (Å²) in [5.74, 6) is -0.909. The van der Waals surface area contributed by atoms with Gasteiger partial charge in [0.15, 0.2) is 0 Å². The van der Waals surface area contributed by atoms with Crippen LogP contribution >= 0.6 is 0 Å². The molecule has 2 unspecified atom stereocenters. The van der Waals surface area contributed by atoms with Crippen molar-refractivity contribution in [1.29, 1.82) is 0 Å². The number of amides is 3. The average molecular weight is 400 g/mol. The number of hydrogen-bond donors (Lipinski definition) is 3. The highest BCUT2D eigenvalue weighted by molar-refractivity contribution is 5.82. The standard InChI is InChI=1S/C20H38N4O4/c1-7-17(20(27)23-15-22-18(25)10-13-28-8-2)14-16(3)19(26)21-11-9-12-24(4,5)6/h8,16-17H,2,7,9-15H2,1,3-6H3,(H2-,21,22,23,25,26,27)/p+1. The van der Waals surface area contributed by atoms with E-state index in [1.54, 1.807) is 0 Å². The van der Waals surface area contributed by atoms with Gasteiger partial charge in [0, 0.05) is 24.8 Å². The van der Waals surface area contributed by atoms with E-state index in [1.165, 1.54) is 6.26 Å². The van der Waals surface area contributed by atoms with Gasteiger partial charge in [0.05, 0.1) is 53.6 Å². The molecule has 0 aromatic rings. The Bertz CT molecular complexity index is 503. The number of carbonyl (C=O) groups excluding carboxylic acids is 3. The fraction of sp³-hybridized carbons (Fsp3) is 0.750. The van der Waals surface area contributed by atoms with Crippen molar-refractivity contribution in [2.24, 2.45) is 11.8 Å². The Balaban J connectivity index is 4.17. The van der Waals surface area contributed by atoms with Crippen molar-refractivity contribution in [3.63, 3.8) is 0 Å². The van der Waals surface area contributed by atoms with Crippen molar-refractivity contribution in [1.82, 2.24) is 16.0 Å². The number of carbonyl (C=O) groups is 3. The van der Waals surface area contributed by atoms with Crippen LogP contribution in [-0.2, 0) is 19.1 Å². The summed E-state index contributed by atoms with van der Waals surface area (Å²) in [5.41, 5.74) is 0. The van der Waals surface area contributed by atoms with E-state index in [4.69, 9.17) is 4.74 Å². The summed E-state index contributed by atoms with van der Waals surface area (Å²) in [4.78, 5) is 36.1. The molecule has 28 heavy (non-hydrogen) atoms. The lowest BCUT2D eigenvalue weighted by Crippen LogP contribution is -2.41. The van der Waals surface area contributed by atoms with Crippen LogP contribution in [0.5, 0.6) is 0 Å². The maximum atomic E-state index is 12.3. The SMILES string of the molecule is C=COCCC(=O)NCNC(=O)C(CC)CC(C)C(=O)NCCC[N+](C)(C)C. The van der Waals surface area contributed by atoms with Gasteiger partial charge in [-0.3, -0.25) is 14.4 Å². The molecule has 0 spiro atoms. The van der Waals surface area contributed by atoms with Crippen LogP contribution in [0, 0.1) is 11.8 Å². The maximum Gasteiger partial charge on any atom is 0.224 e. The predicted octanol–water partition coefficient (Wildman–Crippen LogP) is 0.991. The van der Waals surface area contributed by atoms with Crippen LogP contribution in [0.2, 0.25) is 0 Å². The third kappa shape index (κ3) is 13.1. The molecule has 0 aliphatic carbocycles. The molecular weight excluding hydrogens is 360 g/mol. The summed E-state index contributed by atoms with van der Waals surface area (Å²) in [6.45, 7) is 9.10. The normalized spacial score (nSPS) is 13.2. The Kier molecular flexibility index (Phi) is 12.9. The van der Waals surface area contributed by atoms with Gasteiger partial charge in [0.2, 0.25) is 17.7 Å². The van der Waals surface area contributed by atoms with Crippen LogP contribution < -0.4 is 16.0 Å². The molecule has 0 heterocycles. The first-order chi connectivity index (χ1) is 13.1. The lowest BCUT2D eigenvalue weighted by atomic mass is 9.92. The molecule has 8 heteroatoms. The second-order valence-corrected chi connectivity index (χ2v) is 8.01. The zero-order valence-corrected chi connectivity index (χ0v) is 18.2. The molecule has 3 N–H and O–H groups in total. The van der Waals surface area contributed by atoms with E-state index < -0.39 is 0 Å². The molecule has 3 amide bonds. The van der Waals surface area contributed by atoms with Crippen LogP contribution in [0.1, 0.15) is 39.5 Å². The van der Waals surface area contributed by atoms with Crippen LogP contribution in [0.3, 0.4) is 0 Å². The van der Waals surface area contributed by atoms with Gasteiger partial charge in [-0.05, 0) is 12.8 Å². The van der Waals surface area contributed by atoms with Gasteiger partial charge in [-0.1, -0.05) is 20.4 Å². The first-order valence-corrected chi connectivity index (χ1v) is 9.95. The first-order valence-electron chi connectivity index (χ1n) is 9.95. The summed E-state index contributed by atoms with van der Waals surface area (Å²) in [6, 6.07) is 0. The predicted molar refractivity (Wildman–Crippen MR) is 110 cm³/mol. The smallest absolute Gasteiger partial charge is 0.224 e. The third-order valence-corrected chi connectivity index (χ3v) is 4.37. The van der Waals surface area contributed by atoms with E-state index in [1.807, 2.05) is 13.8 Å². The van der Waals surface area contributed by atoms with Crippen LogP contribution in [0.4, 0.5) is 0 Å². The fourth-order valence-corrected chi connectivity index (χ4v) is 2.63. The summed E-state index contributed by atoms with van der Waals surface area (Å²) in [7, 11) is 6.35. The summed E-state index contributed by atoms with van der Waals surface area (Å²) in [5, 5.41) is 8.26. The minimum absolute atomic E-state index is 0.0248. The Hall–Kier alpha value is -2.09. The number of nitrogens with one attached hydrogen (secondary N) is 3. The molecule has 0 aliphatic rings. The number of ether oxygens (including phenoxy) is 1. The van der Waals surface area contributed by atoms with Gasteiger partial charge in [0.1, 0.15) is 0 Å². The number of hydrogen-bond acceptors (Lipinski definition) is 4. The molecule has 0 aliphatic heterocycles. The molecule has 0 fully saturated rings. The Morgan fingerprint density at radius 3 is 2.36 bits per heavy atom. The second-order valence-electron chi connectivity index (χ2n) is 8.01. The molecule has 0 aromatic carbocycles. The van der Waals surface area contributed by atoms with E-state index in [0.717, 1.165) is 17.4 Å². The Labute approximate surface area is 169 Å². The molecule has 0 aromatic heterocycles. The molecule has 8 nitrogen and oxygen atoms in total. The van der Waals surface area contributed by atoms with E-state index >= 15 is 0 Å². The molecule has 0 rings (SSSR count). The monoisotopic (exact) mass is 399 g/mol. The zero-order valence-electron chi connectivity index (χ0n) is 18.2. The lowest BCUT2D eigenvalue weighted by molar-refractivity contribution is -0.870. The summed E-state index contributed by atoms with van der Waals surface area (Å²) < 4.78 is 5.74. The number of quaternary nitrogens is 1. The summed E-state index contributed by atoms with van der Waals surface area (Å²) in [6.07, 6.45) is 3.50. The van der Waals surface area contributed by atoms with Crippen LogP contribution in [-0.4, -0.2) is 69.7 Å². The maximum absolute atomic E-state index is 12.3. The topological polar surface area (TPSA) is 96.5 Å². The lowest BCUT2D eigenvalue weighted by Gasteiger charge is -2.24. The van der Waals surface area contributed by atoms with E-state index in [9.17, 15) is 14.4 Å². The first kappa shape index (κ1) is 25.9. The van der Waals surface area contributed by atoms with E-state index in [2.05, 4.69) is 43.7 Å². The largest absolute Gasteiger partial charge is 0.501 e. The minimum atomic E-state index is -0.270. The molecule has 0 saturated carbocycles. The van der Waals surface area contributed by atoms with Gasteiger partial charge < -0.3 is 25.2 Å². The highest BCUT2D eigenvalue weighted by Crippen LogP contribution is 2.16. The van der Waals surface area contributed by atoms with Gasteiger partial charge in [0.25, 0.3) is 0 Å². The van der Waals surface area contributed by atoms with Crippen molar-refractivity contribution < 1.29 is 23.6 Å². The third-order valence-electron chi connectivity index (χ3n) is 4.37. The van der Waals surface area contributed by atoms with Gasteiger partial charge >= 0.3 is 0 Å². The fourth-order valence-electron chi connectivity index (χ4n) is 2.63. The van der Waals surface area contributed by atoms with E-state index in [0.29, 0.717) is 19.4 Å². The summed E-state index contributed by atoms with van der Waals surface area (Å²) >= 11 is 0. The molecule has 0 radical (unpaired) electrons. The van der Waals surface area contributed by atoms with Gasteiger partial charge in [-0.2, -0.15) is 0 Å². The quantitative estimate of drug-likeness (QED) is 0.166. The number of rotatable bonds is 15. The zero-order chi connectivity index (χ0) is 21.6. The highest BCUT2D eigenvalue weighted by Gasteiger charge is 2.23. The highest BCUT2D eigenvalue weighted by atomic mass is 16.5. The minimum Gasteiger partial charge on any atom is -0.501 e. The van der Waals surface area contributed by atoms with Crippen molar-refractivity contribution in [2.45, 2.75) is 39.5 Å². The molecule has 0 bridgehead atoms.